The molecule has 1 saturated heterocycles. The van der Waals surface area contributed by atoms with E-state index in [-0.39, 0.29) is 12.6 Å². The van der Waals surface area contributed by atoms with Crippen LogP contribution in [0.3, 0.4) is 0 Å². The Morgan fingerprint density at radius 1 is 1.37 bits per heavy atom. The Balaban J connectivity index is 1.82. The summed E-state index contributed by atoms with van der Waals surface area (Å²) in [4.78, 5) is 23.6. The molecule has 1 aliphatic heterocycles. The van der Waals surface area contributed by atoms with Crippen LogP contribution in [0.4, 0.5) is 15.3 Å². The van der Waals surface area contributed by atoms with Gasteiger partial charge < -0.3 is 14.7 Å². The highest BCUT2D eigenvalue weighted by molar-refractivity contribution is 14.1. The summed E-state index contributed by atoms with van der Waals surface area (Å²) >= 11 is 2.17. The third-order valence-corrected chi connectivity index (χ3v) is 3.50. The number of likely N-dealkylation sites (tertiary alicyclic amines) is 1. The summed E-state index contributed by atoms with van der Waals surface area (Å²) in [7, 11) is 0. The zero-order valence-electron chi connectivity index (χ0n) is 10.0. The first-order valence-electron chi connectivity index (χ1n) is 5.75. The Morgan fingerprint density at radius 2 is 2.05 bits per heavy atom. The van der Waals surface area contributed by atoms with Crippen molar-refractivity contribution in [3.8, 4) is 0 Å². The van der Waals surface area contributed by atoms with Gasteiger partial charge in [-0.25, -0.2) is 9.59 Å². The van der Waals surface area contributed by atoms with E-state index in [1.54, 1.807) is 12.1 Å². The first-order valence-corrected chi connectivity index (χ1v) is 6.83. The first kappa shape index (κ1) is 13.9. The van der Waals surface area contributed by atoms with Crippen LogP contribution >= 0.6 is 22.6 Å². The standard InChI is InChI=1S/C12H13IN2O4/c13-8-1-3-9(4-2-8)14-11(16)19-10-5-6-15(7-10)12(17)18/h1-4,10H,5-7H2,(H,14,16)(H,17,18)/t10-/m0/s1. The number of nitrogens with zero attached hydrogens (tertiary/aromatic N) is 1. The molecule has 2 amide bonds. The lowest BCUT2D eigenvalue weighted by atomic mass is 10.3. The Bertz CT molecular complexity index is 477. The van der Waals surface area contributed by atoms with Crippen molar-refractivity contribution >= 4 is 40.5 Å². The molecule has 0 aliphatic carbocycles. The molecule has 0 unspecified atom stereocenters. The summed E-state index contributed by atoms with van der Waals surface area (Å²) < 4.78 is 6.24. The Morgan fingerprint density at radius 3 is 2.63 bits per heavy atom. The fourth-order valence-electron chi connectivity index (χ4n) is 1.83. The van der Waals surface area contributed by atoms with Gasteiger partial charge in [0.2, 0.25) is 0 Å². The molecular weight excluding hydrogens is 363 g/mol. The van der Waals surface area contributed by atoms with E-state index >= 15 is 0 Å². The number of carboxylic acid groups (broad SMARTS) is 1. The fraction of sp³-hybridized carbons (Fsp3) is 0.333. The molecule has 0 radical (unpaired) electrons. The van der Waals surface area contributed by atoms with Crippen molar-refractivity contribution in [1.29, 1.82) is 0 Å². The van der Waals surface area contributed by atoms with Gasteiger partial charge >= 0.3 is 12.2 Å². The van der Waals surface area contributed by atoms with Crippen LogP contribution in [-0.2, 0) is 4.74 Å². The third-order valence-electron chi connectivity index (χ3n) is 2.78. The van der Waals surface area contributed by atoms with E-state index in [1.165, 1.54) is 4.90 Å². The van der Waals surface area contributed by atoms with Crippen LogP contribution in [0.2, 0.25) is 0 Å². The van der Waals surface area contributed by atoms with Crippen molar-refractivity contribution in [2.24, 2.45) is 0 Å². The van der Waals surface area contributed by atoms with Crippen molar-refractivity contribution < 1.29 is 19.4 Å². The molecule has 1 heterocycles. The minimum Gasteiger partial charge on any atom is -0.465 e. The lowest BCUT2D eigenvalue weighted by molar-refractivity contribution is 0.109. The molecule has 1 fully saturated rings. The number of halogens is 1. The Hall–Kier alpha value is -1.51. The number of hydrogen-bond acceptors (Lipinski definition) is 3. The molecule has 0 aromatic heterocycles. The van der Waals surface area contributed by atoms with Gasteiger partial charge in [-0.3, -0.25) is 5.32 Å². The lowest BCUT2D eigenvalue weighted by Crippen LogP contribution is -2.30. The molecule has 19 heavy (non-hydrogen) atoms. The highest BCUT2D eigenvalue weighted by atomic mass is 127. The predicted octanol–water partition coefficient (Wildman–Crippen LogP) is 2.59. The topological polar surface area (TPSA) is 78.9 Å². The van der Waals surface area contributed by atoms with Crippen LogP contribution in [-0.4, -0.2) is 41.4 Å². The van der Waals surface area contributed by atoms with Crippen LogP contribution in [0.25, 0.3) is 0 Å². The molecule has 7 heteroatoms. The molecule has 6 nitrogen and oxygen atoms in total. The number of hydrogen-bond donors (Lipinski definition) is 2. The molecule has 102 valence electrons. The summed E-state index contributed by atoms with van der Waals surface area (Å²) in [5.41, 5.74) is 0.651. The number of carbonyl (C=O) groups is 2. The number of ether oxygens (including phenoxy) is 1. The van der Waals surface area contributed by atoms with Crippen LogP contribution in [0, 0.1) is 3.57 Å². The smallest absolute Gasteiger partial charge is 0.411 e. The third kappa shape index (κ3) is 3.98. The number of amides is 2. The summed E-state index contributed by atoms with van der Waals surface area (Å²) in [5, 5.41) is 11.4. The molecule has 0 saturated carbocycles. The number of nitrogens with one attached hydrogen (secondary N) is 1. The molecule has 1 atom stereocenters. The summed E-state index contributed by atoms with van der Waals surface area (Å²) in [6, 6.07) is 7.30. The van der Waals surface area contributed by atoms with Gasteiger partial charge in [0.05, 0.1) is 6.54 Å². The molecule has 0 bridgehead atoms. The van der Waals surface area contributed by atoms with E-state index in [0.29, 0.717) is 18.7 Å². The number of carbonyl (C=O) groups excluding carboxylic acids is 1. The normalized spacial score (nSPS) is 18.2. The van der Waals surface area contributed by atoms with E-state index in [4.69, 9.17) is 9.84 Å². The molecular formula is C12H13IN2O4. The van der Waals surface area contributed by atoms with Gasteiger partial charge in [-0.15, -0.1) is 0 Å². The van der Waals surface area contributed by atoms with Crippen LogP contribution in [0.5, 0.6) is 0 Å². The Labute approximate surface area is 123 Å². The van der Waals surface area contributed by atoms with Gasteiger partial charge in [0.15, 0.2) is 0 Å². The molecule has 2 rings (SSSR count). The second-order valence-corrected chi connectivity index (χ2v) is 5.42. The predicted molar refractivity (Wildman–Crippen MR) is 77.3 cm³/mol. The molecule has 1 aliphatic rings. The highest BCUT2D eigenvalue weighted by Crippen LogP contribution is 2.15. The van der Waals surface area contributed by atoms with Crippen molar-refractivity contribution in [2.75, 3.05) is 18.4 Å². The van der Waals surface area contributed by atoms with Gasteiger partial charge in [0.25, 0.3) is 0 Å². The van der Waals surface area contributed by atoms with Gasteiger partial charge in [-0.1, -0.05) is 0 Å². The maximum absolute atomic E-state index is 11.6. The maximum Gasteiger partial charge on any atom is 0.411 e. The van der Waals surface area contributed by atoms with Gasteiger partial charge in [-0.2, -0.15) is 0 Å². The Kier molecular flexibility index (Phi) is 4.46. The van der Waals surface area contributed by atoms with E-state index in [1.807, 2.05) is 12.1 Å². The number of rotatable bonds is 2. The first-order chi connectivity index (χ1) is 9.04. The zero-order chi connectivity index (χ0) is 13.8. The lowest BCUT2D eigenvalue weighted by Gasteiger charge is -2.13. The van der Waals surface area contributed by atoms with Crippen LogP contribution < -0.4 is 5.32 Å². The van der Waals surface area contributed by atoms with E-state index in [2.05, 4.69) is 27.9 Å². The van der Waals surface area contributed by atoms with E-state index in [0.717, 1.165) is 3.57 Å². The van der Waals surface area contributed by atoms with Crippen LogP contribution in [0.15, 0.2) is 24.3 Å². The van der Waals surface area contributed by atoms with Crippen LogP contribution in [0.1, 0.15) is 6.42 Å². The molecule has 1 aromatic carbocycles. The minimum atomic E-state index is -0.982. The summed E-state index contributed by atoms with van der Waals surface area (Å²) in [6.45, 7) is 0.631. The average molecular weight is 376 g/mol. The summed E-state index contributed by atoms with van der Waals surface area (Å²) in [5.74, 6) is 0. The van der Waals surface area contributed by atoms with Gasteiger partial charge in [0, 0.05) is 22.2 Å². The van der Waals surface area contributed by atoms with Crippen molar-refractivity contribution in [2.45, 2.75) is 12.5 Å². The summed E-state index contributed by atoms with van der Waals surface area (Å²) in [6.07, 6.45) is -1.38. The SMILES string of the molecule is O=C(Nc1ccc(I)cc1)O[C@H]1CCN(C(=O)O)C1. The largest absolute Gasteiger partial charge is 0.465 e. The highest BCUT2D eigenvalue weighted by Gasteiger charge is 2.28. The number of anilines is 1. The second kappa shape index (κ2) is 6.09. The number of benzene rings is 1. The minimum absolute atomic E-state index is 0.232. The molecule has 0 spiro atoms. The van der Waals surface area contributed by atoms with E-state index < -0.39 is 12.2 Å². The van der Waals surface area contributed by atoms with Crippen molar-refractivity contribution in [3.05, 3.63) is 27.8 Å². The fourth-order valence-corrected chi connectivity index (χ4v) is 2.19. The van der Waals surface area contributed by atoms with Gasteiger partial charge in [-0.05, 0) is 46.9 Å². The zero-order valence-corrected chi connectivity index (χ0v) is 12.2. The molecule has 1 aromatic rings. The second-order valence-electron chi connectivity index (χ2n) is 4.18. The molecule has 2 N–H and O–H groups in total. The maximum atomic E-state index is 11.6. The van der Waals surface area contributed by atoms with Crippen molar-refractivity contribution in [3.63, 3.8) is 0 Å². The van der Waals surface area contributed by atoms with E-state index in [9.17, 15) is 9.59 Å². The van der Waals surface area contributed by atoms with Crippen molar-refractivity contribution in [1.82, 2.24) is 4.90 Å². The van der Waals surface area contributed by atoms with Gasteiger partial charge in [0.1, 0.15) is 6.10 Å². The monoisotopic (exact) mass is 376 g/mol. The quantitative estimate of drug-likeness (QED) is 0.778. The average Bonchev–Trinajstić information content (AvgIpc) is 2.80.